The second-order valence-corrected chi connectivity index (χ2v) is 2.33. The minimum atomic E-state index is 0.581. The van der Waals surface area contributed by atoms with E-state index in [0.717, 1.165) is 11.3 Å². The molecule has 0 rings (SSSR count). The zero-order valence-electron chi connectivity index (χ0n) is 5.05. The van der Waals surface area contributed by atoms with Gasteiger partial charge in [-0.25, -0.2) is 0 Å². The van der Waals surface area contributed by atoms with Gasteiger partial charge in [0.2, 0.25) is 0 Å². The van der Waals surface area contributed by atoms with E-state index in [1.54, 1.807) is 17.7 Å². The highest BCUT2D eigenvalue weighted by Gasteiger charge is 1.86. The molecule has 0 atom stereocenters. The molecule has 0 amide bonds. The summed E-state index contributed by atoms with van der Waals surface area (Å²) in [6, 6.07) is 0. The fourth-order valence-electron chi connectivity index (χ4n) is 0.360. The van der Waals surface area contributed by atoms with Gasteiger partial charge in [-0.1, -0.05) is 5.57 Å². The van der Waals surface area contributed by atoms with Crippen LogP contribution < -0.4 is 5.73 Å². The Labute approximate surface area is 56.1 Å². The van der Waals surface area contributed by atoms with Crippen LogP contribution in [0.25, 0.3) is 0 Å². The van der Waals surface area contributed by atoms with Crippen LogP contribution in [-0.4, -0.2) is 26.4 Å². The molecule has 0 heterocycles. The Bertz CT molecular complexity index is 82.5. The summed E-state index contributed by atoms with van der Waals surface area (Å²) in [5.41, 5.74) is 6.42. The van der Waals surface area contributed by atoms with E-state index in [1.807, 2.05) is 6.26 Å². The van der Waals surface area contributed by atoms with Crippen LogP contribution in [0.5, 0.6) is 0 Å². The summed E-state index contributed by atoms with van der Waals surface area (Å²) in [6.07, 6.45) is 2.03. The third kappa shape index (κ3) is 3.16. The SMILES string of the molecule is [B]/C=C(\CN)CSC. The fraction of sp³-hybridized carbons (Fsp3) is 0.600. The standard InChI is InChI=1S/C5H10BNS/c1-8-4-5(2-6)3-7/h2H,3-4,7H2,1H3/b5-2+. The molecule has 0 spiro atoms. The average Bonchev–Trinajstić information content (AvgIpc) is 1.83. The summed E-state index contributed by atoms with van der Waals surface area (Å²) in [5.74, 6) is 2.53. The summed E-state index contributed by atoms with van der Waals surface area (Å²) in [6.45, 7) is 0.581. The zero-order chi connectivity index (χ0) is 6.41. The normalized spacial score (nSPS) is 12.0. The van der Waals surface area contributed by atoms with Crippen LogP contribution in [-0.2, 0) is 0 Å². The molecule has 3 heteroatoms. The van der Waals surface area contributed by atoms with Crippen molar-refractivity contribution in [3.8, 4) is 0 Å². The Morgan fingerprint density at radius 3 is 2.62 bits per heavy atom. The van der Waals surface area contributed by atoms with E-state index in [-0.39, 0.29) is 0 Å². The summed E-state index contributed by atoms with van der Waals surface area (Å²) < 4.78 is 0. The largest absolute Gasteiger partial charge is 0.327 e. The van der Waals surface area contributed by atoms with Crippen LogP contribution in [0.1, 0.15) is 0 Å². The first-order valence-corrected chi connectivity index (χ1v) is 3.83. The molecule has 1 nitrogen and oxygen atoms in total. The third-order valence-corrected chi connectivity index (χ3v) is 1.49. The second kappa shape index (κ2) is 5.26. The summed E-state index contributed by atoms with van der Waals surface area (Å²) >= 11 is 1.73. The van der Waals surface area contributed by atoms with Crippen LogP contribution >= 0.6 is 11.8 Å². The van der Waals surface area contributed by atoms with Crippen molar-refractivity contribution < 1.29 is 0 Å². The van der Waals surface area contributed by atoms with Crippen LogP contribution in [0.2, 0.25) is 0 Å². The van der Waals surface area contributed by atoms with Gasteiger partial charge < -0.3 is 5.73 Å². The summed E-state index contributed by atoms with van der Waals surface area (Å²) in [5, 5.41) is 0. The highest BCUT2D eigenvalue weighted by Crippen LogP contribution is 1.99. The van der Waals surface area contributed by atoms with Crippen molar-refractivity contribution in [2.24, 2.45) is 5.73 Å². The van der Waals surface area contributed by atoms with Gasteiger partial charge in [-0.2, -0.15) is 11.8 Å². The minimum absolute atomic E-state index is 0.581. The average molecular weight is 127 g/mol. The van der Waals surface area contributed by atoms with Crippen LogP contribution in [0.3, 0.4) is 0 Å². The monoisotopic (exact) mass is 127 g/mol. The molecule has 8 heavy (non-hydrogen) atoms. The first-order chi connectivity index (χ1) is 3.85. The molecule has 0 aromatic rings. The van der Waals surface area contributed by atoms with Gasteiger partial charge in [0.25, 0.3) is 0 Å². The molecule has 0 aromatic heterocycles. The topological polar surface area (TPSA) is 26.0 Å². The molecule has 0 aliphatic carbocycles. The van der Waals surface area contributed by atoms with Crippen molar-refractivity contribution in [3.63, 3.8) is 0 Å². The lowest BCUT2D eigenvalue weighted by molar-refractivity contribution is 1.15. The van der Waals surface area contributed by atoms with Crippen LogP contribution in [0.4, 0.5) is 0 Å². The molecule has 0 saturated heterocycles. The summed E-state index contributed by atoms with van der Waals surface area (Å²) in [4.78, 5) is 0. The fourth-order valence-corrected chi connectivity index (χ4v) is 0.945. The van der Waals surface area contributed by atoms with E-state index in [9.17, 15) is 0 Å². The lowest BCUT2D eigenvalue weighted by Crippen LogP contribution is -2.04. The van der Waals surface area contributed by atoms with E-state index < -0.39 is 0 Å². The molecular formula is C5H10BNS. The van der Waals surface area contributed by atoms with Crippen molar-refractivity contribution in [1.82, 2.24) is 0 Å². The van der Waals surface area contributed by atoms with E-state index in [1.165, 1.54) is 0 Å². The van der Waals surface area contributed by atoms with Gasteiger partial charge in [0, 0.05) is 12.3 Å². The Morgan fingerprint density at radius 1 is 1.88 bits per heavy atom. The van der Waals surface area contributed by atoms with E-state index in [2.05, 4.69) is 0 Å². The number of nitrogens with two attached hydrogens (primary N) is 1. The van der Waals surface area contributed by atoms with Crippen LogP contribution in [0, 0.1) is 0 Å². The molecule has 0 saturated carbocycles. The lowest BCUT2D eigenvalue weighted by Gasteiger charge is -1.97. The van der Waals surface area contributed by atoms with Gasteiger partial charge >= 0.3 is 0 Å². The molecule has 2 radical (unpaired) electrons. The third-order valence-electron chi connectivity index (χ3n) is 0.828. The maximum absolute atomic E-state index is 5.31. The van der Waals surface area contributed by atoms with Gasteiger partial charge in [-0.3, -0.25) is 0 Å². The molecule has 2 N–H and O–H groups in total. The first kappa shape index (κ1) is 8.11. The Kier molecular flexibility index (Phi) is 5.33. The zero-order valence-corrected chi connectivity index (χ0v) is 5.87. The quantitative estimate of drug-likeness (QED) is 0.554. The minimum Gasteiger partial charge on any atom is -0.327 e. The maximum Gasteiger partial charge on any atom is 0.102 e. The first-order valence-electron chi connectivity index (χ1n) is 2.43. The van der Waals surface area contributed by atoms with Gasteiger partial charge in [0.15, 0.2) is 0 Å². The van der Waals surface area contributed by atoms with Crippen molar-refractivity contribution in [3.05, 3.63) is 11.5 Å². The van der Waals surface area contributed by atoms with Gasteiger partial charge in [-0.05, 0) is 6.26 Å². The van der Waals surface area contributed by atoms with Crippen LogP contribution in [0.15, 0.2) is 11.5 Å². The van der Waals surface area contributed by atoms with E-state index in [0.29, 0.717) is 6.54 Å². The predicted molar refractivity (Wildman–Crippen MR) is 41.3 cm³/mol. The highest BCUT2D eigenvalue weighted by atomic mass is 32.2. The molecule has 0 aliphatic rings. The molecule has 0 fully saturated rings. The van der Waals surface area contributed by atoms with Crippen molar-refractivity contribution in [2.45, 2.75) is 0 Å². The Hall–Kier alpha value is 0.115. The molecule has 44 valence electrons. The maximum atomic E-state index is 5.31. The van der Waals surface area contributed by atoms with Crippen molar-refractivity contribution >= 4 is 19.6 Å². The van der Waals surface area contributed by atoms with Gasteiger partial charge in [0.05, 0.1) is 0 Å². The predicted octanol–water partition coefficient (Wildman–Crippen LogP) is 0.361. The second-order valence-electron chi connectivity index (χ2n) is 1.46. The number of hydrogen-bond acceptors (Lipinski definition) is 2. The van der Waals surface area contributed by atoms with Crippen molar-refractivity contribution in [2.75, 3.05) is 18.6 Å². The molecule has 0 unspecified atom stereocenters. The molecule has 0 aliphatic heterocycles. The smallest absolute Gasteiger partial charge is 0.102 e. The van der Waals surface area contributed by atoms with Gasteiger partial charge in [0.1, 0.15) is 7.85 Å². The summed E-state index contributed by atoms with van der Waals surface area (Å²) in [7, 11) is 5.21. The molecular weight excluding hydrogens is 117 g/mol. The number of thioether (sulfide) groups is 1. The highest BCUT2D eigenvalue weighted by molar-refractivity contribution is 7.98. The Balaban J connectivity index is 3.38. The lowest BCUT2D eigenvalue weighted by atomic mass is 10.1. The van der Waals surface area contributed by atoms with Gasteiger partial charge in [-0.15, -0.1) is 5.98 Å². The number of hydrogen-bond donors (Lipinski definition) is 1. The molecule has 0 bridgehead atoms. The molecule has 0 aromatic carbocycles. The van der Waals surface area contributed by atoms with E-state index in [4.69, 9.17) is 13.6 Å². The Morgan fingerprint density at radius 2 is 2.50 bits per heavy atom. The number of rotatable bonds is 3. The van der Waals surface area contributed by atoms with E-state index >= 15 is 0 Å². The van der Waals surface area contributed by atoms with Crippen molar-refractivity contribution in [1.29, 1.82) is 0 Å².